The Hall–Kier alpha value is -3.13. The van der Waals surface area contributed by atoms with E-state index in [1.54, 1.807) is 24.3 Å². The second kappa shape index (κ2) is 9.34. The minimum atomic E-state index is -4.12. The molecule has 164 valence electrons. The number of carbonyl (C=O) groups excluding carboxylic acids is 2. The number of ether oxygens (including phenoxy) is 1. The van der Waals surface area contributed by atoms with Crippen LogP contribution in [-0.4, -0.2) is 44.2 Å². The van der Waals surface area contributed by atoms with Crippen molar-refractivity contribution in [2.45, 2.75) is 32.7 Å². The molecule has 31 heavy (non-hydrogen) atoms. The Bertz CT molecular complexity index is 1090. The number of rotatable bonds is 8. The van der Waals surface area contributed by atoms with Crippen LogP contribution in [0.3, 0.4) is 0 Å². The van der Waals surface area contributed by atoms with Crippen LogP contribution in [0.15, 0.2) is 60.2 Å². The first-order valence-corrected chi connectivity index (χ1v) is 11.4. The minimum Gasteiger partial charge on any atom is -0.497 e. The van der Waals surface area contributed by atoms with E-state index in [1.807, 2.05) is 37.3 Å². The van der Waals surface area contributed by atoms with Crippen LogP contribution < -0.4 is 10.1 Å². The molecule has 3 rings (SSSR count). The van der Waals surface area contributed by atoms with Gasteiger partial charge in [0.25, 0.3) is 15.9 Å². The van der Waals surface area contributed by atoms with Crippen molar-refractivity contribution in [3.8, 4) is 5.75 Å². The zero-order valence-corrected chi connectivity index (χ0v) is 18.6. The molecule has 1 unspecified atom stereocenters. The first kappa shape index (κ1) is 22.6. The number of nitrogens with zero attached hydrogens (tertiary/aromatic N) is 1. The highest BCUT2D eigenvalue weighted by molar-refractivity contribution is 7.99. The van der Waals surface area contributed by atoms with Gasteiger partial charge >= 0.3 is 0 Å². The number of methoxy groups -OCH3 is 1. The van der Waals surface area contributed by atoms with Crippen molar-refractivity contribution >= 4 is 26.7 Å². The fraction of sp³-hybridized carbons (Fsp3) is 0.304. The molecule has 0 aliphatic carbocycles. The molecule has 8 heteroatoms. The van der Waals surface area contributed by atoms with Gasteiger partial charge in [-0.25, -0.2) is 12.7 Å². The molecule has 0 saturated heterocycles. The van der Waals surface area contributed by atoms with Gasteiger partial charge in [0.05, 0.1) is 7.11 Å². The monoisotopic (exact) mass is 442 g/mol. The molecule has 2 amide bonds. The summed E-state index contributed by atoms with van der Waals surface area (Å²) in [7, 11) is -2.61. The first-order valence-electron chi connectivity index (χ1n) is 9.99. The number of hydrogen-bond acceptors (Lipinski definition) is 5. The van der Waals surface area contributed by atoms with Crippen LogP contribution in [-0.2, 0) is 26.0 Å². The Kier molecular flexibility index (Phi) is 6.80. The molecule has 0 radical (unpaired) electrons. The Balaban J connectivity index is 1.66. The molecule has 0 fully saturated rings. The normalized spacial score (nSPS) is 16.4. The maximum absolute atomic E-state index is 13.0. The van der Waals surface area contributed by atoms with Crippen molar-refractivity contribution in [1.29, 1.82) is 0 Å². The highest BCUT2D eigenvalue weighted by Gasteiger charge is 2.43. The lowest BCUT2D eigenvalue weighted by Crippen LogP contribution is -2.43. The summed E-state index contributed by atoms with van der Waals surface area (Å²) in [5, 5.41) is 2.79. The number of sulfonamides is 1. The molecule has 1 N–H and O–H groups in total. The number of amides is 2. The SMILES string of the molecule is COc1ccc(C2=C(C)C(=O)N(CC(=O)NC(C)CCc3ccccc3)S2(=O)=O)cc1. The van der Waals surface area contributed by atoms with Crippen LogP contribution in [0.1, 0.15) is 31.4 Å². The smallest absolute Gasteiger partial charge is 0.268 e. The molecule has 1 aliphatic rings. The van der Waals surface area contributed by atoms with Crippen LogP contribution in [0.25, 0.3) is 4.91 Å². The second-order valence-corrected chi connectivity index (χ2v) is 9.29. The van der Waals surface area contributed by atoms with Gasteiger partial charge in [0.2, 0.25) is 5.91 Å². The summed E-state index contributed by atoms with van der Waals surface area (Å²) in [5.41, 5.74) is 1.63. The van der Waals surface area contributed by atoms with Crippen LogP contribution in [0.5, 0.6) is 5.75 Å². The lowest BCUT2D eigenvalue weighted by molar-refractivity contribution is -0.128. The third-order valence-electron chi connectivity index (χ3n) is 5.19. The Morgan fingerprint density at radius 1 is 1.10 bits per heavy atom. The predicted molar refractivity (Wildman–Crippen MR) is 119 cm³/mol. The maximum atomic E-state index is 13.0. The Morgan fingerprint density at radius 2 is 1.74 bits per heavy atom. The molecule has 2 aromatic rings. The third kappa shape index (κ3) is 4.96. The summed E-state index contributed by atoms with van der Waals surface area (Å²) < 4.78 is 31.8. The standard InChI is InChI=1S/C23H26N2O5S/c1-16(9-10-18-7-5-4-6-8-18)24-21(26)15-25-23(27)17(2)22(31(25,28)29)19-11-13-20(30-3)14-12-19/h4-8,11-14,16H,9-10,15H2,1-3H3,(H,24,26). The van der Waals surface area contributed by atoms with Crippen LogP contribution in [0.4, 0.5) is 0 Å². The van der Waals surface area contributed by atoms with E-state index in [0.29, 0.717) is 22.0 Å². The molecule has 7 nitrogen and oxygen atoms in total. The van der Waals surface area contributed by atoms with Gasteiger partial charge in [-0.1, -0.05) is 30.3 Å². The van der Waals surface area contributed by atoms with Crippen molar-refractivity contribution in [2.75, 3.05) is 13.7 Å². The fourth-order valence-electron chi connectivity index (χ4n) is 3.51. The third-order valence-corrected chi connectivity index (χ3v) is 7.12. The molecule has 0 spiro atoms. The van der Waals surface area contributed by atoms with E-state index in [1.165, 1.54) is 14.0 Å². The molecule has 1 heterocycles. The van der Waals surface area contributed by atoms with Gasteiger partial charge < -0.3 is 10.1 Å². The van der Waals surface area contributed by atoms with Crippen LogP contribution in [0.2, 0.25) is 0 Å². The van der Waals surface area contributed by atoms with Crippen LogP contribution >= 0.6 is 0 Å². The van der Waals surface area contributed by atoms with Gasteiger partial charge in [0.1, 0.15) is 17.2 Å². The predicted octanol–water partition coefficient (Wildman–Crippen LogP) is 2.74. The lowest BCUT2D eigenvalue weighted by atomic mass is 10.1. The van der Waals surface area contributed by atoms with E-state index in [2.05, 4.69) is 5.32 Å². The second-order valence-electron chi connectivity index (χ2n) is 7.49. The highest BCUT2D eigenvalue weighted by Crippen LogP contribution is 2.35. The molecular weight excluding hydrogens is 416 g/mol. The van der Waals surface area contributed by atoms with Crippen molar-refractivity contribution < 1.29 is 22.7 Å². The molecule has 2 aromatic carbocycles. The number of benzene rings is 2. The lowest BCUT2D eigenvalue weighted by Gasteiger charge is -2.19. The summed E-state index contributed by atoms with van der Waals surface area (Å²) in [6.45, 7) is 2.76. The number of hydrogen-bond donors (Lipinski definition) is 1. The van der Waals surface area contributed by atoms with Crippen molar-refractivity contribution in [2.24, 2.45) is 0 Å². The van der Waals surface area contributed by atoms with Crippen molar-refractivity contribution in [3.63, 3.8) is 0 Å². The van der Waals surface area contributed by atoms with Gasteiger partial charge in [0.15, 0.2) is 0 Å². The zero-order valence-electron chi connectivity index (χ0n) is 17.8. The molecule has 1 aliphatic heterocycles. The average Bonchev–Trinajstić information content (AvgIpc) is 2.92. The van der Waals surface area contributed by atoms with Crippen LogP contribution in [0, 0.1) is 0 Å². The van der Waals surface area contributed by atoms with Gasteiger partial charge in [-0.15, -0.1) is 0 Å². The molecule has 0 saturated carbocycles. The van der Waals surface area contributed by atoms with E-state index in [-0.39, 0.29) is 16.5 Å². The van der Waals surface area contributed by atoms with Gasteiger partial charge in [0, 0.05) is 11.6 Å². The number of aryl methyl sites for hydroxylation is 1. The highest BCUT2D eigenvalue weighted by atomic mass is 32.2. The summed E-state index contributed by atoms with van der Waals surface area (Å²) in [5.74, 6) is -0.622. The van der Waals surface area contributed by atoms with E-state index in [4.69, 9.17) is 4.74 Å². The number of carbonyl (C=O) groups is 2. The van der Waals surface area contributed by atoms with Crippen molar-refractivity contribution in [3.05, 3.63) is 71.3 Å². The van der Waals surface area contributed by atoms with E-state index < -0.39 is 28.4 Å². The maximum Gasteiger partial charge on any atom is 0.268 e. The summed E-state index contributed by atoms with van der Waals surface area (Å²) >= 11 is 0. The fourth-order valence-corrected chi connectivity index (χ4v) is 5.28. The molecule has 1 atom stereocenters. The zero-order chi connectivity index (χ0) is 22.6. The van der Waals surface area contributed by atoms with E-state index >= 15 is 0 Å². The van der Waals surface area contributed by atoms with Gasteiger partial charge in [-0.3, -0.25) is 9.59 Å². The topological polar surface area (TPSA) is 92.8 Å². The van der Waals surface area contributed by atoms with E-state index in [9.17, 15) is 18.0 Å². The number of nitrogens with one attached hydrogen (secondary N) is 1. The quantitative estimate of drug-likeness (QED) is 0.679. The van der Waals surface area contributed by atoms with Crippen molar-refractivity contribution in [1.82, 2.24) is 9.62 Å². The molecular formula is C23H26N2O5S. The Morgan fingerprint density at radius 3 is 2.35 bits per heavy atom. The molecule has 0 aromatic heterocycles. The first-order chi connectivity index (χ1) is 14.7. The average molecular weight is 443 g/mol. The summed E-state index contributed by atoms with van der Waals surface area (Å²) in [6.07, 6.45) is 1.48. The minimum absolute atomic E-state index is 0.0786. The van der Waals surface area contributed by atoms with Gasteiger partial charge in [-0.05, 0) is 62.1 Å². The summed E-state index contributed by atoms with van der Waals surface area (Å²) in [6, 6.07) is 16.1. The Labute approximate surface area is 182 Å². The largest absolute Gasteiger partial charge is 0.497 e. The van der Waals surface area contributed by atoms with E-state index in [0.717, 1.165) is 12.0 Å². The molecule has 0 bridgehead atoms. The van der Waals surface area contributed by atoms with Gasteiger partial charge in [-0.2, -0.15) is 0 Å². The summed E-state index contributed by atoms with van der Waals surface area (Å²) in [4.78, 5) is 25.0.